The number of fused-ring (bicyclic) bond motifs is 3. The Labute approximate surface area is 163 Å². The number of hydrogen-bond acceptors (Lipinski definition) is 7. The van der Waals surface area contributed by atoms with E-state index in [0.29, 0.717) is 6.42 Å². The zero-order chi connectivity index (χ0) is 20.8. The molecule has 0 radical (unpaired) electrons. The Morgan fingerprint density at radius 3 is 2.64 bits per heavy atom. The van der Waals surface area contributed by atoms with E-state index in [-0.39, 0.29) is 17.1 Å². The van der Waals surface area contributed by atoms with E-state index in [0.717, 1.165) is 5.57 Å². The van der Waals surface area contributed by atoms with E-state index in [9.17, 15) is 14.4 Å². The number of rotatable bonds is 4. The number of carbonyl (C=O) groups is 3. The molecule has 0 aromatic carbocycles. The van der Waals surface area contributed by atoms with Gasteiger partial charge in [-0.3, -0.25) is 4.79 Å². The molecule has 0 bridgehead atoms. The Balaban J connectivity index is 2.02. The van der Waals surface area contributed by atoms with E-state index in [4.69, 9.17) is 19.3 Å². The van der Waals surface area contributed by atoms with Crippen molar-refractivity contribution in [2.75, 3.05) is 6.61 Å². The molecule has 0 aromatic rings. The lowest BCUT2D eigenvalue weighted by atomic mass is 9.55. The maximum atomic E-state index is 12.3. The molecule has 2 aliphatic carbocycles. The minimum absolute atomic E-state index is 0.0934. The van der Waals surface area contributed by atoms with E-state index in [2.05, 4.69) is 19.7 Å². The van der Waals surface area contributed by atoms with Crippen molar-refractivity contribution in [3.8, 4) is 0 Å². The third kappa shape index (κ3) is 3.09. The summed E-state index contributed by atoms with van der Waals surface area (Å²) in [6.45, 7) is 14.1. The lowest BCUT2D eigenvalue weighted by Crippen LogP contribution is -2.57. The van der Waals surface area contributed by atoms with Crippen LogP contribution in [0.4, 0.5) is 0 Å². The second-order valence-electron chi connectivity index (χ2n) is 7.78. The van der Waals surface area contributed by atoms with Crippen molar-refractivity contribution in [1.82, 2.24) is 0 Å². The van der Waals surface area contributed by atoms with Gasteiger partial charge in [0.15, 0.2) is 0 Å². The molecule has 2 fully saturated rings. The highest BCUT2D eigenvalue weighted by Gasteiger charge is 2.62. The number of aliphatic hydroxyl groups is 1. The molecule has 1 saturated carbocycles. The van der Waals surface area contributed by atoms with E-state index in [1.54, 1.807) is 12.2 Å². The van der Waals surface area contributed by atoms with Crippen LogP contribution in [0.3, 0.4) is 0 Å². The van der Waals surface area contributed by atoms with Crippen LogP contribution in [0.25, 0.3) is 0 Å². The van der Waals surface area contributed by atoms with Crippen molar-refractivity contribution in [2.24, 2.45) is 17.3 Å². The highest BCUT2D eigenvalue weighted by atomic mass is 16.6. The molecule has 0 spiro atoms. The third-order valence-corrected chi connectivity index (χ3v) is 5.91. The number of aliphatic hydroxyl groups excluding tert-OH is 1. The van der Waals surface area contributed by atoms with Gasteiger partial charge in [0, 0.05) is 23.8 Å². The van der Waals surface area contributed by atoms with Gasteiger partial charge in [0.05, 0.1) is 18.1 Å². The number of ether oxygens (including phenoxy) is 3. The average Bonchev–Trinajstić information content (AvgIpc) is 2.91. The van der Waals surface area contributed by atoms with Crippen LogP contribution in [0, 0.1) is 17.3 Å². The SMILES string of the molecule is C=C(CO)C(=O)O[C@@H]1C[C@]2(C)[C@@H](OC(C)=O)C=CC(=C)[C@H]2[C@@H]2OC(=O)C(=C)[C@H]21. The van der Waals surface area contributed by atoms with Crippen molar-refractivity contribution in [3.05, 3.63) is 48.6 Å². The molecule has 28 heavy (non-hydrogen) atoms. The van der Waals surface area contributed by atoms with Gasteiger partial charge in [-0.2, -0.15) is 0 Å². The standard InChI is InChI=1S/C21H24O7/c1-10-6-7-15(26-13(4)23)21(5)8-14(27-19(24)11(2)9-22)16-12(3)20(25)28-18(16)17(10)21/h6-7,14-18,22H,1-3,8-9H2,4-5H3/t14-,15+,16+,17+,18-,21-/m1/s1. The molecule has 6 atom stereocenters. The summed E-state index contributed by atoms with van der Waals surface area (Å²) in [6, 6.07) is 0. The number of carbonyl (C=O) groups excluding carboxylic acids is 3. The van der Waals surface area contributed by atoms with Gasteiger partial charge in [-0.1, -0.05) is 32.7 Å². The maximum Gasteiger partial charge on any atom is 0.336 e. The van der Waals surface area contributed by atoms with Crippen LogP contribution in [0.2, 0.25) is 0 Å². The van der Waals surface area contributed by atoms with E-state index in [1.165, 1.54) is 6.92 Å². The molecule has 1 saturated heterocycles. The Morgan fingerprint density at radius 1 is 1.36 bits per heavy atom. The number of esters is 3. The Bertz CT molecular complexity index is 808. The Kier molecular flexibility index (Phi) is 5.06. The van der Waals surface area contributed by atoms with E-state index < -0.39 is 54.2 Å². The number of hydrogen-bond donors (Lipinski definition) is 1. The zero-order valence-corrected chi connectivity index (χ0v) is 16.0. The second-order valence-corrected chi connectivity index (χ2v) is 7.78. The molecule has 0 amide bonds. The molecular formula is C21H24O7. The van der Waals surface area contributed by atoms with Crippen molar-refractivity contribution in [3.63, 3.8) is 0 Å². The molecule has 7 nitrogen and oxygen atoms in total. The summed E-state index contributed by atoms with van der Waals surface area (Å²) < 4.78 is 16.7. The van der Waals surface area contributed by atoms with E-state index in [1.807, 2.05) is 6.92 Å². The lowest BCUT2D eigenvalue weighted by molar-refractivity contribution is -0.178. The minimum Gasteiger partial charge on any atom is -0.458 e. The molecule has 1 N–H and O–H groups in total. The highest BCUT2D eigenvalue weighted by molar-refractivity contribution is 5.92. The normalized spacial score (nSPS) is 36.2. The van der Waals surface area contributed by atoms with Crippen LogP contribution < -0.4 is 0 Å². The first-order valence-electron chi connectivity index (χ1n) is 9.03. The summed E-state index contributed by atoms with van der Waals surface area (Å²) in [5.41, 5.74) is 0.165. The van der Waals surface area contributed by atoms with Crippen LogP contribution in [0.5, 0.6) is 0 Å². The highest BCUT2D eigenvalue weighted by Crippen LogP contribution is 2.57. The molecular weight excluding hydrogens is 364 g/mol. The van der Waals surface area contributed by atoms with Crippen molar-refractivity contribution in [1.29, 1.82) is 0 Å². The monoisotopic (exact) mass is 388 g/mol. The van der Waals surface area contributed by atoms with Gasteiger partial charge in [-0.25, -0.2) is 9.59 Å². The first-order valence-corrected chi connectivity index (χ1v) is 9.03. The summed E-state index contributed by atoms with van der Waals surface area (Å²) in [6.07, 6.45) is 1.81. The van der Waals surface area contributed by atoms with Gasteiger partial charge < -0.3 is 19.3 Å². The summed E-state index contributed by atoms with van der Waals surface area (Å²) in [7, 11) is 0. The Hall–Kier alpha value is -2.67. The Morgan fingerprint density at radius 2 is 2.04 bits per heavy atom. The van der Waals surface area contributed by atoms with Crippen LogP contribution in [0.15, 0.2) is 48.6 Å². The fourth-order valence-electron chi connectivity index (χ4n) is 4.60. The largest absolute Gasteiger partial charge is 0.458 e. The first kappa shape index (κ1) is 20.1. The fraction of sp³-hybridized carbons (Fsp3) is 0.476. The molecule has 1 heterocycles. The molecule has 7 heteroatoms. The molecule has 3 aliphatic rings. The van der Waals surface area contributed by atoms with E-state index >= 15 is 0 Å². The molecule has 150 valence electrons. The molecule has 0 unspecified atom stereocenters. The first-order chi connectivity index (χ1) is 13.1. The van der Waals surface area contributed by atoms with Gasteiger partial charge in [0.1, 0.15) is 18.3 Å². The smallest absolute Gasteiger partial charge is 0.336 e. The van der Waals surface area contributed by atoms with Crippen molar-refractivity contribution < 1.29 is 33.7 Å². The van der Waals surface area contributed by atoms with Gasteiger partial charge in [-0.05, 0) is 18.1 Å². The van der Waals surface area contributed by atoms with Gasteiger partial charge >= 0.3 is 17.9 Å². The van der Waals surface area contributed by atoms with Gasteiger partial charge in [-0.15, -0.1) is 0 Å². The summed E-state index contributed by atoms with van der Waals surface area (Å²) in [5, 5.41) is 9.16. The molecule has 0 aromatic heterocycles. The quantitative estimate of drug-likeness (QED) is 0.444. The summed E-state index contributed by atoms with van der Waals surface area (Å²) in [4.78, 5) is 36.1. The third-order valence-electron chi connectivity index (χ3n) is 5.91. The average molecular weight is 388 g/mol. The maximum absolute atomic E-state index is 12.3. The molecule has 3 rings (SSSR count). The van der Waals surface area contributed by atoms with Crippen molar-refractivity contribution in [2.45, 2.75) is 38.6 Å². The van der Waals surface area contributed by atoms with Crippen molar-refractivity contribution >= 4 is 17.9 Å². The summed E-state index contributed by atoms with van der Waals surface area (Å²) >= 11 is 0. The minimum atomic E-state index is -0.755. The lowest BCUT2D eigenvalue weighted by Gasteiger charge is -2.53. The summed E-state index contributed by atoms with van der Waals surface area (Å²) in [5.74, 6) is -2.63. The van der Waals surface area contributed by atoms with Gasteiger partial charge in [0.2, 0.25) is 0 Å². The molecule has 1 aliphatic heterocycles. The predicted octanol–water partition coefficient (Wildman–Crippen LogP) is 1.63. The zero-order valence-electron chi connectivity index (χ0n) is 16.0. The van der Waals surface area contributed by atoms with Gasteiger partial charge in [0.25, 0.3) is 0 Å². The topological polar surface area (TPSA) is 99.1 Å². The van der Waals surface area contributed by atoms with Crippen LogP contribution in [-0.4, -0.2) is 47.9 Å². The second kappa shape index (κ2) is 7.05. The van der Waals surface area contributed by atoms with Crippen LogP contribution >= 0.6 is 0 Å². The predicted molar refractivity (Wildman–Crippen MR) is 98.7 cm³/mol. The fourth-order valence-corrected chi connectivity index (χ4v) is 4.60. The van der Waals surface area contributed by atoms with Crippen LogP contribution in [-0.2, 0) is 28.6 Å². The number of allylic oxidation sites excluding steroid dienone is 1. The van der Waals surface area contributed by atoms with Crippen LogP contribution in [0.1, 0.15) is 20.3 Å².